The second kappa shape index (κ2) is 10.6. The topological polar surface area (TPSA) is 55.4 Å². The highest BCUT2D eigenvalue weighted by Crippen LogP contribution is 2.42. The van der Waals surface area contributed by atoms with Gasteiger partial charge in [0.1, 0.15) is 24.4 Å². The van der Waals surface area contributed by atoms with Gasteiger partial charge in [-0.25, -0.2) is 0 Å². The molecule has 0 aliphatic carbocycles. The second-order valence-corrected chi connectivity index (χ2v) is 16.8. The largest absolute Gasteiger partial charge is 0.410 e. The molecule has 2 aliphatic heterocycles. The minimum Gasteiger partial charge on any atom is -0.410 e. The smallest absolute Gasteiger partial charge is 0.192 e. The van der Waals surface area contributed by atoms with Gasteiger partial charge in [-0.1, -0.05) is 51.1 Å². The molecule has 0 saturated carbocycles. The predicted octanol–water partition coefficient (Wildman–Crippen LogP) is 5.66. The van der Waals surface area contributed by atoms with Gasteiger partial charge in [-0.05, 0) is 51.4 Å². The van der Waals surface area contributed by atoms with Crippen molar-refractivity contribution in [2.45, 2.75) is 122 Å². The van der Waals surface area contributed by atoms with Gasteiger partial charge in [0.05, 0.1) is 19.3 Å². The molecule has 2 heterocycles. The van der Waals surface area contributed by atoms with Crippen molar-refractivity contribution in [3.63, 3.8) is 0 Å². The van der Waals surface area contributed by atoms with Crippen LogP contribution in [0.15, 0.2) is 30.3 Å². The highest BCUT2D eigenvalue weighted by molar-refractivity contribution is 6.74. The molecule has 0 N–H and O–H groups in total. The van der Waals surface area contributed by atoms with Gasteiger partial charge in [0.25, 0.3) is 0 Å². The summed E-state index contributed by atoms with van der Waals surface area (Å²) in [7, 11) is -2.17. The van der Waals surface area contributed by atoms with Gasteiger partial charge in [0, 0.05) is 6.42 Å². The van der Waals surface area contributed by atoms with E-state index in [9.17, 15) is 0 Å². The van der Waals surface area contributed by atoms with Crippen molar-refractivity contribution in [2.75, 3.05) is 6.61 Å². The normalized spacial score (nSPS) is 27.9. The van der Waals surface area contributed by atoms with E-state index in [-0.39, 0.29) is 17.2 Å². The molecule has 35 heavy (non-hydrogen) atoms. The molecule has 0 bridgehead atoms. The fourth-order valence-electron chi connectivity index (χ4n) is 4.31. The number of ether oxygens (including phenoxy) is 5. The highest BCUT2D eigenvalue weighted by Gasteiger charge is 2.55. The van der Waals surface area contributed by atoms with Gasteiger partial charge in [0.15, 0.2) is 19.9 Å². The van der Waals surface area contributed by atoms with Crippen LogP contribution in [-0.4, -0.2) is 57.0 Å². The summed E-state index contributed by atoms with van der Waals surface area (Å²) in [5, 5.41) is 0.0158. The van der Waals surface area contributed by atoms with E-state index in [1.807, 2.05) is 58.0 Å². The molecule has 0 amide bonds. The third kappa shape index (κ3) is 7.17. The fourth-order valence-corrected chi connectivity index (χ4v) is 5.64. The van der Waals surface area contributed by atoms with Gasteiger partial charge in [-0.15, -0.1) is 12.3 Å². The quantitative estimate of drug-likeness (QED) is 0.320. The minimum absolute atomic E-state index is 0.0158. The number of hydrogen-bond donors (Lipinski definition) is 0. The lowest BCUT2D eigenvalue weighted by molar-refractivity contribution is -0.177. The molecule has 0 unspecified atom stereocenters. The standard InChI is InChI=1S/C28H44O6Si/c1-11-15-21(34-35(9,10)26(2,3)4)23(29-18-20-16-13-12-14-17-20)25-24(32-28(7,8)33-25)22-19-30-27(5,6)31-22/h1,12-14,16-17,21-25H,15,18-19H2,2-10H3/t21-,22+,23-,24+,25+/m0/s1. The maximum absolute atomic E-state index is 6.89. The maximum atomic E-state index is 6.89. The van der Waals surface area contributed by atoms with Crippen molar-refractivity contribution >= 4 is 8.32 Å². The summed E-state index contributed by atoms with van der Waals surface area (Å²) in [6.07, 6.45) is 4.32. The van der Waals surface area contributed by atoms with Crippen LogP contribution in [0.2, 0.25) is 18.1 Å². The number of terminal acetylenes is 1. The average molecular weight is 505 g/mol. The lowest BCUT2D eigenvalue weighted by atomic mass is 9.97. The van der Waals surface area contributed by atoms with E-state index in [4.69, 9.17) is 34.5 Å². The van der Waals surface area contributed by atoms with Gasteiger partial charge in [0.2, 0.25) is 0 Å². The van der Waals surface area contributed by atoms with Crippen LogP contribution in [0, 0.1) is 12.3 Å². The molecule has 2 saturated heterocycles. The molecule has 3 rings (SSSR count). The molecule has 0 aromatic heterocycles. The van der Waals surface area contributed by atoms with Crippen LogP contribution in [0.25, 0.3) is 0 Å². The van der Waals surface area contributed by atoms with E-state index >= 15 is 0 Å². The Morgan fingerprint density at radius 3 is 2.26 bits per heavy atom. The molecule has 6 nitrogen and oxygen atoms in total. The van der Waals surface area contributed by atoms with Gasteiger partial charge >= 0.3 is 0 Å². The zero-order valence-corrected chi connectivity index (χ0v) is 23.9. The first-order valence-corrected chi connectivity index (χ1v) is 15.5. The Kier molecular flexibility index (Phi) is 8.60. The van der Waals surface area contributed by atoms with E-state index in [0.29, 0.717) is 19.6 Å². The first-order chi connectivity index (χ1) is 16.1. The minimum atomic E-state index is -2.17. The van der Waals surface area contributed by atoms with Crippen LogP contribution in [0.4, 0.5) is 0 Å². The summed E-state index contributed by atoms with van der Waals surface area (Å²) in [6.45, 7) is 19.6. The average Bonchev–Trinajstić information content (AvgIpc) is 3.26. The maximum Gasteiger partial charge on any atom is 0.192 e. The summed E-state index contributed by atoms with van der Waals surface area (Å²) in [5.41, 5.74) is 1.07. The predicted molar refractivity (Wildman–Crippen MR) is 139 cm³/mol. The monoisotopic (exact) mass is 504 g/mol. The van der Waals surface area contributed by atoms with Crippen LogP contribution < -0.4 is 0 Å². The zero-order valence-electron chi connectivity index (χ0n) is 22.9. The Bertz CT molecular complexity index is 870. The molecule has 2 aliphatic rings. The second-order valence-electron chi connectivity index (χ2n) is 12.0. The summed E-state index contributed by atoms with van der Waals surface area (Å²) in [4.78, 5) is 0. The van der Waals surface area contributed by atoms with E-state index in [1.165, 1.54) is 0 Å². The first kappa shape index (κ1) is 28.3. The molecule has 5 atom stereocenters. The lowest BCUT2D eigenvalue weighted by Crippen LogP contribution is -2.54. The molecule has 7 heteroatoms. The van der Waals surface area contributed by atoms with Crippen molar-refractivity contribution < 1.29 is 28.1 Å². The zero-order chi connectivity index (χ0) is 26.1. The summed E-state index contributed by atoms with van der Waals surface area (Å²) in [6, 6.07) is 10.1. The fraction of sp³-hybridized carbons (Fsp3) is 0.714. The summed E-state index contributed by atoms with van der Waals surface area (Å²) >= 11 is 0. The van der Waals surface area contributed by atoms with Crippen LogP contribution >= 0.6 is 0 Å². The third-order valence-corrected chi connectivity index (χ3v) is 11.6. The van der Waals surface area contributed by atoms with Gasteiger partial charge in [-0.2, -0.15) is 0 Å². The molecular weight excluding hydrogens is 460 g/mol. The van der Waals surface area contributed by atoms with Gasteiger partial charge in [-0.3, -0.25) is 0 Å². The molecule has 2 fully saturated rings. The van der Waals surface area contributed by atoms with E-state index in [0.717, 1.165) is 5.56 Å². The van der Waals surface area contributed by atoms with Crippen molar-refractivity contribution in [1.82, 2.24) is 0 Å². The summed E-state index contributed by atoms with van der Waals surface area (Å²) < 4.78 is 38.5. The number of hydrogen-bond acceptors (Lipinski definition) is 6. The Hall–Kier alpha value is -1.24. The van der Waals surface area contributed by atoms with E-state index in [1.54, 1.807) is 0 Å². The van der Waals surface area contributed by atoms with Crippen LogP contribution in [0.1, 0.15) is 60.5 Å². The van der Waals surface area contributed by atoms with E-state index in [2.05, 4.69) is 39.8 Å². The molecule has 0 radical (unpaired) electrons. The third-order valence-electron chi connectivity index (χ3n) is 7.11. The molecule has 196 valence electrons. The number of benzene rings is 1. The summed E-state index contributed by atoms with van der Waals surface area (Å²) in [5.74, 6) is 1.34. The highest BCUT2D eigenvalue weighted by atomic mass is 28.4. The van der Waals surface area contributed by atoms with Crippen molar-refractivity contribution in [1.29, 1.82) is 0 Å². The Morgan fingerprint density at radius 2 is 1.71 bits per heavy atom. The van der Waals surface area contributed by atoms with Crippen LogP contribution in [0.3, 0.4) is 0 Å². The van der Waals surface area contributed by atoms with Crippen molar-refractivity contribution in [3.05, 3.63) is 35.9 Å². The van der Waals surface area contributed by atoms with Crippen LogP contribution in [-0.2, 0) is 34.7 Å². The Labute approximate surface area is 213 Å². The molecule has 1 aromatic carbocycles. The van der Waals surface area contributed by atoms with Gasteiger partial charge < -0.3 is 28.1 Å². The van der Waals surface area contributed by atoms with Crippen molar-refractivity contribution in [2.24, 2.45) is 0 Å². The van der Waals surface area contributed by atoms with E-state index < -0.39 is 38.2 Å². The molecule has 1 aromatic rings. The number of rotatable bonds is 9. The van der Waals surface area contributed by atoms with Crippen LogP contribution in [0.5, 0.6) is 0 Å². The Balaban J connectivity index is 1.95. The SMILES string of the molecule is C#CC[C@H](O[Si](C)(C)C(C)(C)C)[C@H](OCc1ccccc1)[C@H]1OC(C)(C)O[C@@H]1[C@H]1COC(C)(C)O1. The Morgan fingerprint density at radius 1 is 1.06 bits per heavy atom. The molecule has 0 spiro atoms. The lowest BCUT2D eigenvalue weighted by Gasteiger charge is -2.42. The first-order valence-electron chi connectivity index (χ1n) is 12.6. The van der Waals surface area contributed by atoms with Crippen molar-refractivity contribution in [3.8, 4) is 12.3 Å². The molecular formula is C28H44O6Si.